The molecule has 7 heteroatoms. The monoisotopic (exact) mass is 925 g/mol. The quantitative estimate of drug-likeness (QED) is 0.0686. The zero-order valence-electron chi connectivity index (χ0n) is 41.4. The molecule has 0 N–H and O–H groups in total. The van der Waals surface area contributed by atoms with Crippen molar-refractivity contribution in [2.24, 2.45) is 0 Å². The first kappa shape index (κ1) is 48.3. The highest BCUT2D eigenvalue weighted by Gasteiger charge is 2.35. The number of aryl methyl sites for hydroxylation is 1. The normalized spacial score (nSPS) is 12.4. The summed E-state index contributed by atoms with van der Waals surface area (Å²) in [4.78, 5) is 24.8. The van der Waals surface area contributed by atoms with Gasteiger partial charge in [0.2, 0.25) is 0 Å². The molecule has 70 heavy (non-hydrogen) atoms. The maximum Gasteiger partial charge on any atom is 0.308 e. The molecule has 0 saturated heterocycles. The predicted octanol–water partition coefficient (Wildman–Crippen LogP) is 15.2. The molecule has 1 aliphatic carbocycles. The van der Waals surface area contributed by atoms with E-state index in [1.807, 2.05) is 72.8 Å². The van der Waals surface area contributed by atoms with Gasteiger partial charge in [-0.2, -0.15) is 0 Å². The Morgan fingerprint density at radius 3 is 1.43 bits per heavy atom. The third kappa shape index (κ3) is 10.6. The molecule has 0 radical (unpaired) electrons. The van der Waals surface area contributed by atoms with Crippen molar-refractivity contribution in [1.29, 1.82) is 0 Å². The average Bonchev–Trinajstić information content (AvgIpc) is 3.59. The van der Waals surface area contributed by atoms with Crippen LogP contribution < -0.4 is 23.8 Å². The molecule has 8 aromatic carbocycles. The first-order valence-corrected chi connectivity index (χ1v) is 23.4. The summed E-state index contributed by atoms with van der Waals surface area (Å²) in [6.07, 6.45) is 2.19. The van der Waals surface area contributed by atoms with Crippen LogP contribution in [0.5, 0.6) is 23.0 Å². The molecule has 1 aliphatic rings. The summed E-state index contributed by atoms with van der Waals surface area (Å²) in [5, 5.41) is 0. The van der Waals surface area contributed by atoms with E-state index in [-0.39, 0.29) is 22.8 Å². The Balaban J connectivity index is 0.000000262. The van der Waals surface area contributed by atoms with Gasteiger partial charge in [-0.05, 0) is 154 Å². The van der Waals surface area contributed by atoms with Gasteiger partial charge in [0, 0.05) is 41.7 Å². The lowest BCUT2D eigenvalue weighted by molar-refractivity contribution is -0.132. The Hall–Kier alpha value is -8.16. The zero-order chi connectivity index (χ0) is 49.6. The number of hydrogen-bond donors (Lipinski definition) is 0. The van der Waals surface area contributed by atoms with Crippen LogP contribution in [0.15, 0.2) is 188 Å². The summed E-state index contributed by atoms with van der Waals surface area (Å²) in [6.45, 7) is 13.9. The van der Waals surface area contributed by atoms with Gasteiger partial charge in [0.05, 0.1) is 14.2 Å². The molecule has 0 spiro atoms. The number of carbonyl (C=O) groups is 2. The minimum Gasteiger partial charge on any atom is -0.497 e. The molecule has 0 saturated carbocycles. The highest BCUT2D eigenvalue weighted by Crippen LogP contribution is 2.50. The van der Waals surface area contributed by atoms with E-state index in [1.54, 1.807) is 14.2 Å². The fourth-order valence-corrected chi connectivity index (χ4v) is 9.11. The summed E-state index contributed by atoms with van der Waals surface area (Å²) in [5.41, 5.74) is 16.1. The summed E-state index contributed by atoms with van der Waals surface area (Å²) in [5.74, 6) is 2.08. The van der Waals surface area contributed by atoms with Gasteiger partial charge >= 0.3 is 11.9 Å². The van der Waals surface area contributed by atoms with E-state index in [9.17, 15) is 9.59 Å². The van der Waals surface area contributed by atoms with Crippen LogP contribution in [0, 0.1) is 6.92 Å². The van der Waals surface area contributed by atoms with E-state index in [2.05, 4.69) is 161 Å². The maximum absolute atomic E-state index is 11.5. The van der Waals surface area contributed by atoms with Gasteiger partial charge in [0.15, 0.2) is 0 Å². The second-order valence-electron chi connectivity index (χ2n) is 18.5. The summed E-state index contributed by atoms with van der Waals surface area (Å²) in [6, 6.07) is 64.4. The second kappa shape index (κ2) is 20.6. The summed E-state index contributed by atoms with van der Waals surface area (Å²) in [7, 11) is 3.33. The number of benzene rings is 8. The first-order chi connectivity index (χ1) is 33.6. The number of hydrogen-bond acceptors (Lipinski definition) is 7. The number of ether oxygens (including phenoxy) is 4. The SMILES string of the molecule is COc1ccc(/C(=C\c2ccc(N(c3ccc(C)cc3)c3ccc4c(c3)C(C)(C)c3ccccc3-4)cc2)c2ccc(OC(C)=O)cc2)cc1.COc1ccc(C(C)(C)c2ccc(OC(C)=O)cc2)cc1. The minimum atomic E-state index is -0.341. The van der Waals surface area contributed by atoms with Crippen LogP contribution in [0.2, 0.25) is 0 Å². The average molecular weight is 926 g/mol. The van der Waals surface area contributed by atoms with Gasteiger partial charge in [-0.1, -0.05) is 136 Å². The van der Waals surface area contributed by atoms with E-state index in [0.717, 1.165) is 56.4 Å². The molecule has 0 amide bonds. The lowest BCUT2D eigenvalue weighted by atomic mass is 9.78. The van der Waals surface area contributed by atoms with Crippen LogP contribution in [-0.2, 0) is 20.4 Å². The molecule has 0 bridgehead atoms. The lowest BCUT2D eigenvalue weighted by Crippen LogP contribution is -2.18. The Kier molecular flexibility index (Phi) is 14.2. The number of esters is 2. The van der Waals surface area contributed by atoms with E-state index in [0.29, 0.717) is 11.5 Å². The highest BCUT2D eigenvalue weighted by molar-refractivity contribution is 5.92. The number of rotatable bonds is 12. The minimum absolute atomic E-state index is 0.0935. The fraction of sp³-hybridized carbons (Fsp3) is 0.175. The van der Waals surface area contributed by atoms with E-state index in [1.165, 1.54) is 47.2 Å². The van der Waals surface area contributed by atoms with Gasteiger partial charge in [-0.3, -0.25) is 9.59 Å². The largest absolute Gasteiger partial charge is 0.497 e. The van der Waals surface area contributed by atoms with Crippen molar-refractivity contribution >= 4 is 40.6 Å². The third-order valence-corrected chi connectivity index (χ3v) is 13.1. The Bertz CT molecular complexity index is 3130. The number of anilines is 3. The van der Waals surface area contributed by atoms with Gasteiger partial charge in [-0.25, -0.2) is 0 Å². The van der Waals surface area contributed by atoms with Crippen molar-refractivity contribution in [3.63, 3.8) is 0 Å². The number of fused-ring (bicyclic) bond motifs is 3. The van der Waals surface area contributed by atoms with Gasteiger partial charge in [-0.15, -0.1) is 0 Å². The molecule has 0 unspecified atom stereocenters. The van der Waals surface area contributed by atoms with Gasteiger partial charge in [0.25, 0.3) is 0 Å². The molecule has 9 rings (SSSR count). The molecule has 8 aromatic rings. The Morgan fingerprint density at radius 2 is 0.929 bits per heavy atom. The van der Waals surface area contributed by atoms with Crippen molar-refractivity contribution < 1.29 is 28.5 Å². The van der Waals surface area contributed by atoms with E-state index in [4.69, 9.17) is 18.9 Å². The van der Waals surface area contributed by atoms with Crippen molar-refractivity contribution in [2.45, 2.75) is 59.3 Å². The van der Waals surface area contributed by atoms with Gasteiger partial charge in [0.1, 0.15) is 23.0 Å². The van der Waals surface area contributed by atoms with Crippen LogP contribution in [-0.4, -0.2) is 26.2 Å². The molecule has 7 nitrogen and oxygen atoms in total. The van der Waals surface area contributed by atoms with E-state index < -0.39 is 0 Å². The molecule has 352 valence electrons. The molecule has 0 atom stereocenters. The second-order valence-corrected chi connectivity index (χ2v) is 18.5. The molecular weight excluding hydrogens is 867 g/mol. The smallest absolute Gasteiger partial charge is 0.308 e. The highest BCUT2D eigenvalue weighted by atomic mass is 16.5. The van der Waals surface area contributed by atoms with Crippen molar-refractivity contribution in [3.8, 4) is 34.1 Å². The molecular formula is C63H59NO6. The maximum atomic E-state index is 11.5. The van der Waals surface area contributed by atoms with Gasteiger partial charge < -0.3 is 23.8 Å². The van der Waals surface area contributed by atoms with Crippen LogP contribution in [0.3, 0.4) is 0 Å². The van der Waals surface area contributed by atoms with E-state index >= 15 is 0 Å². The van der Waals surface area contributed by atoms with Crippen LogP contribution in [0.1, 0.15) is 86.1 Å². The predicted molar refractivity (Wildman–Crippen MR) is 284 cm³/mol. The Labute approximate surface area is 412 Å². The van der Waals surface area contributed by atoms with Crippen LogP contribution in [0.25, 0.3) is 22.8 Å². The molecule has 0 aromatic heterocycles. The number of carbonyl (C=O) groups excluding carboxylic acids is 2. The zero-order valence-corrected chi connectivity index (χ0v) is 41.4. The molecule has 0 fully saturated rings. The van der Waals surface area contributed by atoms with Crippen molar-refractivity contribution in [1.82, 2.24) is 0 Å². The van der Waals surface area contributed by atoms with Crippen molar-refractivity contribution in [3.05, 3.63) is 233 Å². The lowest BCUT2D eigenvalue weighted by Gasteiger charge is -2.28. The summed E-state index contributed by atoms with van der Waals surface area (Å²) >= 11 is 0. The first-order valence-electron chi connectivity index (χ1n) is 23.4. The number of nitrogens with zero attached hydrogens (tertiary/aromatic N) is 1. The fourth-order valence-electron chi connectivity index (χ4n) is 9.11. The van der Waals surface area contributed by atoms with Crippen LogP contribution >= 0.6 is 0 Å². The molecule has 0 heterocycles. The third-order valence-electron chi connectivity index (χ3n) is 13.1. The molecule has 0 aliphatic heterocycles. The summed E-state index contributed by atoms with van der Waals surface area (Å²) < 4.78 is 21.0. The van der Waals surface area contributed by atoms with Crippen molar-refractivity contribution in [2.75, 3.05) is 19.1 Å². The van der Waals surface area contributed by atoms with Crippen LogP contribution in [0.4, 0.5) is 17.1 Å². The number of methoxy groups -OCH3 is 2. The standard InChI is InChI=1S/C45H39NO3.C18H20O3/c1-30-10-18-35(19-11-30)46(37-22-27-41-40-8-6-7-9-43(40)45(3,4)44(41)29-37)36-20-12-32(13-21-36)28-42(33-14-23-38(48-5)24-15-33)34-16-25-39(26-17-34)49-31(2)47;1-13(19)21-17-11-7-15(8-12-17)18(2,3)14-5-9-16(20-4)10-6-14/h6-29H,1-5H3;5-12H,1-4H3/b42-28+;. The topological polar surface area (TPSA) is 74.3 Å². The Morgan fingerprint density at radius 1 is 0.500 bits per heavy atom.